The van der Waals surface area contributed by atoms with Crippen molar-refractivity contribution in [3.8, 4) is 5.88 Å². The Morgan fingerprint density at radius 1 is 1.60 bits per heavy atom. The second-order valence-corrected chi connectivity index (χ2v) is 4.65. The van der Waals surface area contributed by atoms with Crippen molar-refractivity contribution in [2.75, 3.05) is 30.5 Å². The van der Waals surface area contributed by atoms with E-state index in [9.17, 15) is 4.21 Å². The zero-order chi connectivity index (χ0) is 11.1. The summed E-state index contributed by atoms with van der Waals surface area (Å²) < 4.78 is 16.1. The van der Waals surface area contributed by atoms with Gasteiger partial charge in [-0.25, -0.2) is 4.98 Å². The molecule has 1 rings (SSSR count). The van der Waals surface area contributed by atoms with Gasteiger partial charge in [0.05, 0.1) is 7.11 Å². The normalized spacial score (nSPS) is 12.1. The van der Waals surface area contributed by atoms with Gasteiger partial charge in [-0.3, -0.25) is 4.21 Å². The molecule has 1 aromatic rings. The van der Waals surface area contributed by atoms with Gasteiger partial charge in [0.15, 0.2) is 0 Å². The van der Waals surface area contributed by atoms with E-state index in [4.69, 9.17) is 4.74 Å². The van der Waals surface area contributed by atoms with Gasteiger partial charge in [-0.2, -0.15) is 4.98 Å². The first kappa shape index (κ1) is 11.9. The lowest BCUT2D eigenvalue weighted by molar-refractivity contribution is 0.397. The van der Waals surface area contributed by atoms with Gasteiger partial charge in [-0.15, -0.1) is 0 Å². The molecule has 1 unspecified atom stereocenters. The molecular formula is C9H15N3O2S. The third-order valence-electron chi connectivity index (χ3n) is 1.77. The van der Waals surface area contributed by atoms with E-state index in [1.165, 1.54) is 0 Å². The highest BCUT2D eigenvalue weighted by molar-refractivity contribution is 7.84. The SMILES string of the molecule is CCS(=O)CCNc1nccc(OC)n1. The smallest absolute Gasteiger partial charge is 0.225 e. The second-order valence-electron chi connectivity index (χ2n) is 2.78. The van der Waals surface area contributed by atoms with Crippen molar-refractivity contribution < 1.29 is 8.95 Å². The molecule has 5 nitrogen and oxygen atoms in total. The van der Waals surface area contributed by atoms with Gasteiger partial charge in [0.1, 0.15) is 0 Å². The highest BCUT2D eigenvalue weighted by Crippen LogP contribution is 2.06. The lowest BCUT2D eigenvalue weighted by Crippen LogP contribution is -2.13. The van der Waals surface area contributed by atoms with Crippen molar-refractivity contribution in [3.05, 3.63) is 12.3 Å². The van der Waals surface area contributed by atoms with E-state index in [0.717, 1.165) is 0 Å². The first-order valence-electron chi connectivity index (χ1n) is 4.72. The topological polar surface area (TPSA) is 64.1 Å². The first-order valence-corrected chi connectivity index (χ1v) is 6.21. The highest BCUT2D eigenvalue weighted by atomic mass is 32.2. The largest absolute Gasteiger partial charge is 0.481 e. The van der Waals surface area contributed by atoms with Gasteiger partial charge in [0, 0.05) is 41.1 Å². The van der Waals surface area contributed by atoms with Crippen LogP contribution in [0.15, 0.2) is 12.3 Å². The maximum absolute atomic E-state index is 11.1. The number of nitrogens with one attached hydrogen (secondary N) is 1. The maximum atomic E-state index is 11.1. The van der Waals surface area contributed by atoms with Crippen LogP contribution in [0.2, 0.25) is 0 Å². The molecule has 0 saturated heterocycles. The van der Waals surface area contributed by atoms with Crippen LogP contribution in [0.4, 0.5) is 5.95 Å². The fraction of sp³-hybridized carbons (Fsp3) is 0.556. The van der Waals surface area contributed by atoms with Crippen molar-refractivity contribution in [2.45, 2.75) is 6.92 Å². The zero-order valence-corrected chi connectivity index (χ0v) is 9.71. The Morgan fingerprint density at radius 3 is 3.07 bits per heavy atom. The summed E-state index contributed by atoms with van der Waals surface area (Å²) >= 11 is 0. The molecule has 0 aliphatic rings. The predicted octanol–water partition coefficient (Wildman–Crippen LogP) is 0.666. The summed E-state index contributed by atoms with van der Waals surface area (Å²) in [6, 6.07) is 1.68. The molecule has 0 aromatic carbocycles. The Bertz CT molecular complexity index is 333. The van der Waals surface area contributed by atoms with Gasteiger partial charge in [-0.05, 0) is 0 Å². The van der Waals surface area contributed by atoms with E-state index in [1.54, 1.807) is 19.4 Å². The van der Waals surface area contributed by atoms with E-state index < -0.39 is 10.8 Å². The molecule has 0 fully saturated rings. The highest BCUT2D eigenvalue weighted by Gasteiger charge is 1.99. The molecule has 0 radical (unpaired) electrons. The molecule has 0 aliphatic carbocycles. The summed E-state index contributed by atoms with van der Waals surface area (Å²) in [5.74, 6) is 2.31. The predicted molar refractivity (Wildman–Crippen MR) is 60.6 cm³/mol. The molecule has 84 valence electrons. The minimum Gasteiger partial charge on any atom is -0.481 e. The summed E-state index contributed by atoms with van der Waals surface area (Å²) in [6.45, 7) is 2.51. The quantitative estimate of drug-likeness (QED) is 0.776. The van der Waals surface area contributed by atoms with Gasteiger partial charge >= 0.3 is 0 Å². The van der Waals surface area contributed by atoms with E-state index in [-0.39, 0.29) is 0 Å². The van der Waals surface area contributed by atoms with Crippen LogP contribution in [0.25, 0.3) is 0 Å². The maximum Gasteiger partial charge on any atom is 0.225 e. The first-order chi connectivity index (χ1) is 7.26. The van der Waals surface area contributed by atoms with Crippen LogP contribution in [-0.2, 0) is 10.8 Å². The molecule has 1 atom stereocenters. The number of methoxy groups -OCH3 is 1. The molecule has 6 heteroatoms. The van der Waals surface area contributed by atoms with Crippen molar-refractivity contribution in [1.82, 2.24) is 9.97 Å². The molecule has 0 saturated carbocycles. The van der Waals surface area contributed by atoms with E-state index >= 15 is 0 Å². The Kier molecular flexibility index (Phi) is 5.03. The average molecular weight is 229 g/mol. The van der Waals surface area contributed by atoms with Crippen LogP contribution in [-0.4, -0.2) is 39.3 Å². The Labute approximate surface area is 91.7 Å². The van der Waals surface area contributed by atoms with Gasteiger partial charge in [0.2, 0.25) is 11.8 Å². The van der Waals surface area contributed by atoms with Crippen molar-refractivity contribution >= 4 is 16.7 Å². The Balaban J connectivity index is 2.40. The number of aromatic nitrogens is 2. The summed E-state index contributed by atoms with van der Waals surface area (Å²) in [5, 5.41) is 2.99. The Morgan fingerprint density at radius 2 is 2.40 bits per heavy atom. The van der Waals surface area contributed by atoms with Crippen molar-refractivity contribution in [2.24, 2.45) is 0 Å². The monoisotopic (exact) mass is 229 g/mol. The molecule has 0 spiro atoms. The lowest BCUT2D eigenvalue weighted by Gasteiger charge is -2.04. The third kappa shape index (κ3) is 4.24. The minimum atomic E-state index is -0.757. The summed E-state index contributed by atoms with van der Waals surface area (Å²) in [4.78, 5) is 8.08. The van der Waals surface area contributed by atoms with Gasteiger partial charge in [-0.1, -0.05) is 6.92 Å². The molecule has 0 aliphatic heterocycles. The van der Waals surface area contributed by atoms with Crippen molar-refractivity contribution in [1.29, 1.82) is 0 Å². The second kappa shape index (κ2) is 6.34. The van der Waals surface area contributed by atoms with Crippen LogP contribution in [0.5, 0.6) is 5.88 Å². The molecule has 0 bridgehead atoms. The number of ether oxygens (including phenoxy) is 1. The number of hydrogen-bond donors (Lipinski definition) is 1. The standard InChI is InChI=1S/C9H15N3O2S/c1-3-15(13)7-6-11-9-10-5-4-8(12-9)14-2/h4-5H,3,6-7H2,1-2H3,(H,10,11,12). The van der Waals surface area contributed by atoms with Crippen LogP contribution < -0.4 is 10.1 Å². The summed E-state index contributed by atoms with van der Waals surface area (Å²) in [5.41, 5.74) is 0. The van der Waals surface area contributed by atoms with Crippen LogP contribution in [0.3, 0.4) is 0 Å². The molecule has 15 heavy (non-hydrogen) atoms. The van der Waals surface area contributed by atoms with E-state index in [0.29, 0.717) is 29.9 Å². The molecule has 1 N–H and O–H groups in total. The zero-order valence-electron chi connectivity index (χ0n) is 8.90. The fourth-order valence-electron chi connectivity index (χ4n) is 0.962. The summed E-state index contributed by atoms with van der Waals surface area (Å²) in [7, 11) is 0.797. The number of nitrogens with zero attached hydrogens (tertiary/aromatic N) is 2. The third-order valence-corrected chi connectivity index (χ3v) is 3.08. The van der Waals surface area contributed by atoms with Gasteiger partial charge in [0.25, 0.3) is 0 Å². The van der Waals surface area contributed by atoms with E-state index in [2.05, 4.69) is 15.3 Å². The number of rotatable bonds is 6. The van der Waals surface area contributed by atoms with Crippen LogP contribution in [0.1, 0.15) is 6.92 Å². The van der Waals surface area contributed by atoms with Gasteiger partial charge < -0.3 is 10.1 Å². The Hall–Kier alpha value is -1.17. The fourth-order valence-corrected chi connectivity index (χ4v) is 1.58. The molecule has 1 aromatic heterocycles. The average Bonchev–Trinajstić information content (AvgIpc) is 2.29. The van der Waals surface area contributed by atoms with E-state index in [1.807, 2.05) is 6.92 Å². The van der Waals surface area contributed by atoms with Crippen LogP contribution in [0, 0.1) is 0 Å². The lowest BCUT2D eigenvalue weighted by atomic mass is 10.6. The minimum absolute atomic E-state index is 0.502. The molecular weight excluding hydrogens is 214 g/mol. The molecule has 0 amide bonds. The van der Waals surface area contributed by atoms with Crippen molar-refractivity contribution in [3.63, 3.8) is 0 Å². The molecule has 1 heterocycles. The number of hydrogen-bond acceptors (Lipinski definition) is 5. The van der Waals surface area contributed by atoms with Crippen LogP contribution >= 0.6 is 0 Å². The number of anilines is 1. The summed E-state index contributed by atoms with van der Waals surface area (Å²) in [6.07, 6.45) is 1.62.